The van der Waals surface area contributed by atoms with Crippen LogP contribution in [0.3, 0.4) is 0 Å². The van der Waals surface area contributed by atoms with Crippen molar-refractivity contribution in [3.63, 3.8) is 0 Å². The van der Waals surface area contributed by atoms with Gasteiger partial charge in [-0.3, -0.25) is 0 Å². The minimum absolute atomic E-state index is 0.930. The van der Waals surface area contributed by atoms with Gasteiger partial charge in [0.2, 0.25) is 0 Å². The van der Waals surface area contributed by atoms with Gasteiger partial charge in [-0.2, -0.15) is 0 Å². The molecule has 2 aliphatic carbocycles. The number of para-hydroxylation sites is 3. The van der Waals surface area contributed by atoms with Gasteiger partial charge in [0.25, 0.3) is 0 Å². The molecule has 2 aromatic heterocycles. The van der Waals surface area contributed by atoms with Crippen LogP contribution in [0, 0.1) is 0 Å². The first-order valence-corrected chi connectivity index (χ1v) is 18.3. The molecule has 12 rings (SSSR count). The van der Waals surface area contributed by atoms with Crippen molar-refractivity contribution in [1.29, 1.82) is 0 Å². The lowest BCUT2D eigenvalue weighted by molar-refractivity contribution is 1.12. The molecule has 52 heavy (non-hydrogen) atoms. The van der Waals surface area contributed by atoms with Crippen molar-refractivity contribution in [3.05, 3.63) is 192 Å². The summed E-state index contributed by atoms with van der Waals surface area (Å²) in [4.78, 5) is 0. The van der Waals surface area contributed by atoms with Gasteiger partial charge in [-0.05, 0) is 104 Å². The Morgan fingerprint density at radius 3 is 1.42 bits per heavy atom. The Morgan fingerprint density at radius 2 is 0.769 bits per heavy atom. The van der Waals surface area contributed by atoms with E-state index in [2.05, 4.69) is 179 Å². The monoisotopic (exact) mass is 660 g/mol. The molecule has 0 atom stereocenters. The lowest BCUT2D eigenvalue weighted by Crippen LogP contribution is -1.99. The zero-order valence-electron chi connectivity index (χ0n) is 28.5. The van der Waals surface area contributed by atoms with Gasteiger partial charge in [0.1, 0.15) is 0 Å². The Hall–Kier alpha value is -6.64. The molecule has 2 nitrogen and oxygen atoms in total. The van der Waals surface area contributed by atoms with Gasteiger partial charge < -0.3 is 9.13 Å². The van der Waals surface area contributed by atoms with Gasteiger partial charge in [0.15, 0.2) is 0 Å². The number of nitrogens with zero attached hydrogens (tertiary/aromatic N) is 2. The first-order chi connectivity index (χ1) is 25.8. The van der Waals surface area contributed by atoms with Crippen LogP contribution < -0.4 is 0 Å². The first kappa shape index (κ1) is 28.1. The highest BCUT2D eigenvalue weighted by Crippen LogP contribution is 2.45. The van der Waals surface area contributed by atoms with Crippen LogP contribution in [0.5, 0.6) is 0 Å². The summed E-state index contributed by atoms with van der Waals surface area (Å²) in [6, 6.07) is 63.2. The molecule has 0 fully saturated rings. The van der Waals surface area contributed by atoms with E-state index in [4.69, 9.17) is 0 Å². The molecule has 0 bridgehead atoms. The average Bonchev–Trinajstić information content (AvgIpc) is 3.95. The average molecular weight is 661 g/mol. The molecule has 0 radical (unpaired) electrons. The Kier molecular flexibility index (Phi) is 5.64. The fraction of sp³-hybridized carbons (Fsp3) is 0.0400. The molecule has 0 aliphatic heterocycles. The minimum Gasteiger partial charge on any atom is -0.309 e. The fourth-order valence-electron chi connectivity index (χ4n) is 9.52. The number of aromatic nitrogens is 2. The summed E-state index contributed by atoms with van der Waals surface area (Å²) in [5, 5.41) is 5.17. The summed E-state index contributed by atoms with van der Waals surface area (Å²) < 4.78 is 4.97. The Balaban J connectivity index is 0.999. The summed E-state index contributed by atoms with van der Waals surface area (Å²) in [5.41, 5.74) is 21.1. The molecular weight excluding hydrogens is 629 g/mol. The van der Waals surface area contributed by atoms with Crippen LogP contribution in [0.4, 0.5) is 0 Å². The first-order valence-electron chi connectivity index (χ1n) is 18.3. The molecule has 0 saturated carbocycles. The predicted octanol–water partition coefficient (Wildman–Crippen LogP) is 12.7. The second kappa shape index (κ2) is 10.4. The maximum absolute atomic E-state index is 2.49. The second-order valence-corrected chi connectivity index (χ2v) is 14.4. The van der Waals surface area contributed by atoms with Gasteiger partial charge >= 0.3 is 0 Å². The molecule has 2 aliphatic rings. The van der Waals surface area contributed by atoms with Crippen LogP contribution in [0.25, 0.3) is 88.4 Å². The Bertz CT molecular complexity index is 3080. The summed E-state index contributed by atoms with van der Waals surface area (Å²) in [5.74, 6) is 0. The third kappa shape index (κ3) is 3.79. The summed E-state index contributed by atoms with van der Waals surface area (Å²) in [6.07, 6.45) is 1.89. The summed E-state index contributed by atoms with van der Waals surface area (Å²) in [7, 11) is 0. The number of hydrogen-bond acceptors (Lipinski definition) is 0. The Morgan fingerprint density at radius 1 is 0.308 bits per heavy atom. The van der Waals surface area contributed by atoms with E-state index in [1.807, 2.05) is 0 Å². The maximum Gasteiger partial charge on any atom is 0.0541 e. The maximum atomic E-state index is 2.49. The molecule has 8 aromatic carbocycles. The van der Waals surface area contributed by atoms with Crippen LogP contribution >= 0.6 is 0 Å². The molecule has 0 amide bonds. The normalized spacial score (nSPS) is 12.8. The second-order valence-electron chi connectivity index (χ2n) is 14.4. The van der Waals surface area contributed by atoms with Crippen LogP contribution in [0.2, 0.25) is 0 Å². The van der Waals surface area contributed by atoms with Crippen molar-refractivity contribution in [1.82, 2.24) is 9.13 Å². The Labute approximate surface area is 301 Å². The van der Waals surface area contributed by atoms with E-state index in [0.29, 0.717) is 0 Å². The van der Waals surface area contributed by atoms with E-state index in [-0.39, 0.29) is 0 Å². The van der Waals surface area contributed by atoms with E-state index in [9.17, 15) is 0 Å². The third-order valence-corrected chi connectivity index (χ3v) is 11.8. The number of hydrogen-bond donors (Lipinski definition) is 0. The molecule has 0 N–H and O–H groups in total. The van der Waals surface area contributed by atoms with E-state index in [0.717, 1.165) is 12.8 Å². The van der Waals surface area contributed by atoms with Crippen LogP contribution in [-0.2, 0) is 12.8 Å². The van der Waals surface area contributed by atoms with Crippen LogP contribution in [-0.4, -0.2) is 9.13 Å². The minimum atomic E-state index is 0.930. The fourth-order valence-corrected chi connectivity index (χ4v) is 9.52. The van der Waals surface area contributed by atoms with Crippen LogP contribution in [0.15, 0.2) is 170 Å². The van der Waals surface area contributed by atoms with Crippen molar-refractivity contribution in [2.75, 3.05) is 0 Å². The number of rotatable bonds is 3. The molecule has 0 saturated heterocycles. The van der Waals surface area contributed by atoms with Crippen molar-refractivity contribution in [2.45, 2.75) is 12.8 Å². The molecule has 0 unspecified atom stereocenters. The van der Waals surface area contributed by atoms with Crippen molar-refractivity contribution < 1.29 is 0 Å². The quantitative estimate of drug-likeness (QED) is 0.178. The highest BCUT2D eigenvalue weighted by Gasteiger charge is 2.26. The predicted molar refractivity (Wildman–Crippen MR) is 217 cm³/mol. The smallest absolute Gasteiger partial charge is 0.0541 e. The highest BCUT2D eigenvalue weighted by molar-refractivity contribution is 6.11. The SMILES string of the molecule is c1ccc2c(c1)Cc1c-2cccc1-n1c2ccccc2c2cc(-c3ccc4c(c3)-c3cccc(-n5c6ccccc6c6ccccc65)c3C4)ccc21. The van der Waals surface area contributed by atoms with Crippen LogP contribution in [0.1, 0.15) is 22.3 Å². The summed E-state index contributed by atoms with van der Waals surface area (Å²) >= 11 is 0. The lowest BCUT2D eigenvalue weighted by Gasteiger charge is -2.13. The van der Waals surface area contributed by atoms with Crippen molar-refractivity contribution >= 4 is 43.6 Å². The zero-order valence-corrected chi connectivity index (χ0v) is 28.5. The van der Waals surface area contributed by atoms with Crippen molar-refractivity contribution in [3.8, 4) is 44.8 Å². The molecular formula is C50H32N2. The van der Waals surface area contributed by atoms with E-state index < -0.39 is 0 Å². The molecule has 242 valence electrons. The van der Waals surface area contributed by atoms with Gasteiger partial charge in [-0.15, -0.1) is 0 Å². The van der Waals surface area contributed by atoms with Gasteiger partial charge in [-0.25, -0.2) is 0 Å². The van der Waals surface area contributed by atoms with E-state index in [1.54, 1.807) is 0 Å². The van der Waals surface area contributed by atoms with E-state index in [1.165, 1.54) is 111 Å². The summed E-state index contributed by atoms with van der Waals surface area (Å²) in [6.45, 7) is 0. The molecule has 0 spiro atoms. The van der Waals surface area contributed by atoms with Gasteiger partial charge in [0, 0.05) is 34.4 Å². The standard InChI is InChI=1S/C50H32N2/c1-2-12-35-33(11-1)29-42-36(35)16-9-21-48(42)52-47-20-8-5-15-40(47)44-28-32(25-26-50(44)52)31-23-24-34-30-43-37(41(34)27-31)17-10-22-49(43)51-45-18-6-3-13-38(45)39-14-4-7-19-46(39)51/h1-28H,29-30H2. The third-order valence-electron chi connectivity index (χ3n) is 11.8. The van der Waals surface area contributed by atoms with Gasteiger partial charge in [-0.1, -0.05) is 121 Å². The number of fused-ring (bicyclic) bond motifs is 12. The van der Waals surface area contributed by atoms with Crippen molar-refractivity contribution in [2.24, 2.45) is 0 Å². The highest BCUT2D eigenvalue weighted by atomic mass is 15.0. The topological polar surface area (TPSA) is 9.86 Å². The molecule has 10 aromatic rings. The zero-order chi connectivity index (χ0) is 33.9. The van der Waals surface area contributed by atoms with E-state index >= 15 is 0 Å². The number of benzene rings is 8. The molecule has 2 heteroatoms. The largest absolute Gasteiger partial charge is 0.309 e. The molecule has 2 heterocycles. The lowest BCUT2D eigenvalue weighted by atomic mass is 9.97. The van der Waals surface area contributed by atoms with Gasteiger partial charge in [0.05, 0.1) is 33.4 Å².